The third-order valence-corrected chi connectivity index (χ3v) is 3.88. The van der Waals surface area contributed by atoms with Gasteiger partial charge in [-0.2, -0.15) is 0 Å². The lowest BCUT2D eigenvalue weighted by Crippen LogP contribution is -2.34. The molecule has 0 aliphatic carbocycles. The number of hydrogen-bond acceptors (Lipinski definition) is 4. The van der Waals surface area contributed by atoms with E-state index in [0.717, 1.165) is 12.5 Å². The Morgan fingerprint density at radius 2 is 2.53 bits per heavy atom. The molecule has 84 valence electrons. The summed E-state index contributed by atoms with van der Waals surface area (Å²) in [5.41, 5.74) is 0. The third-order valence-electron chi connectivity index (χ3n) is 2.82. The van der Waals surface area contributed by atoms with Crippen molar-refractivity contribution in [2.45, 2.75) is 26.3 Å². The zero-order chi connectivity index (χ0) is 10.7. The van der Waals surface area contributed by atoms with E-state index in [1.54, 1.807) is 0 Å². The van der Waals surface area contributed by atoms with Gasteiger partial charge in [0.2, 0.25) is 0 Å². The molecule has 0 radical (unpaired) electrons. The van der Waals surface area contributed by atoms with E-state index >= 15 is 0 Å². The van der Waals surface area contributed by atoms with Crippen LogP contribution in [0.2, 0.25) is 0 Å². The van der Waals surface area contributed by atoms with Crippen molar-refractivity contribution in [1.29, 1.82) is 0 Å². The topological polar surface area (TPSA) is 28.2 Å². The van der Waals surface area contributed by atoms with Crippen molar-refractivity contribution < 1.29 is 0 Å². The van der Waals surface area contributed by atoms with Crippen molar-refractivity contribution in [3.8, 4) is 0 Å². The lowest BCUT2D eigenvalue weighted by atomic mass is 10.0. The number of thiazole rings is 1. The average Bonchev–Trinajstić information content (AvgIpc) is 2.67. The van der Waals surface area contributed by atoms with Gasteiger partial charge in [-0.15, -0.1) is 11.3 Å². The van der Waals surface area contributed by atoms with Crippen LogP contribution >= 0.6 is 11.3 Å². The predicted octanol–water partition coefficient (Wildman–Crippen LogP) is 2.10. The number of nitrogens with one attached hydrogen (secondary N) is 1. The Morgan fingerprint density at radius 3 is 3.27 bits per heavy atom. The molecule has 1 unspecified atom stereocenters. The van der Waals surface area contributed by atoms with Gasteiger partial charge in [-0.1, -0.05) is 6.92 Å². The molecule has 4 heteroatoms. The Bertz CT molecular complexity index is 311. The average molecular weight is 225 g/mol. The minimum absolute atomic E-state index is 0.815. The van der Waals surface area contributed by atoms with Gasteiger partial charge < -0.3 is 10.2 Å². The van der Waals surface area contributed by atoms with E-state index in [2.05, 4.69) is 22.1 Å². The summed E-state index contributed by atoms with van der Waals surface area (Å²) in [6.45, 7) is 5.61. The van der Waals surface area contributed by atoms with Crippen LogP contribution in [0.1, 0.15) is 24.6 Å². The summed E-state index contributed by atoms with van der Waals surface area (Å²) in [5.74, 6) is 0.815. The maximum atomic E-state index is 4.50. The highest BCUT2D eigenvalue weighted by atomic mass is 32.1. The molecule has 1 aliphatic rings. The molecule has 1 N–H and O–H groups in total. The molecule has 1 aromatic rings. The molecule has 1 fully saturated rings. The molecule has 1 atom stereocenters. The summed E-state index contributed by atoms with van der Waals surface area (Å²) in [6, 6.07) is 0. The standard InChI is InChI=1S/C11H19N3S/c1-9-4-3-5-14(8-9)11-13-7-10(15-11)6-12-2/h7,9,12H,3-6,8H2,1-2H3. The van der Waals surface area contributed by atoms with Crippen molar-refractivity contribution in [1.82, 2.24) is 10.3 Å². The summed E-state index contributed by atoms with van der Waals surface area (Å²) in [7, 11) is 1.97. The summed E-state index contributed by atoms with van der Waals surface area (Å²) >= 11 is 1.82. The van der Waals surface area contributed by atoms with Gasteiger partial charge in [-0.25, -0.2) is 4.98 Å². The minimum Gasteiger partial charge on any atom is -0.348 e. The Balaban J connectivity index is 2.01. The first-order valence-corrected chi connectivity index (χ1v) is 6.45. The van der Waals surface area contributed by atoms with E-state index in [9.17, 15) is 0 Å². The summed E-state index contributed by atoms with van der Waals surface area (Å²) in [5, 5.41) is 4.36. The van der Waals surface area contributed by atoms with E-state index in [1.165, 1.54) is 35.9 Å². The molecule has 0 bridgehead atoms. The highest BCUT2D eigenvalue weighted by Crippen LogP contribution is 2.26. The predicted molar refractivity (Wildman–Crippen MR) is 65.5 cm³/mol. The molecular formula is C11H19N3S. The third kappa shape index (κ3) is 2.69. The Labute approximate surface area is 95.5 Å². The fraction of sp³-hybridized carbons (Fsp3) is 0.727. The zero-order valence-electron chi connectivity index (χ0n) is 9.49. The molecular weight excluding hydrogens is 206 g/mol. The van der Waals surface area contributed by atoms with Gasteiger partial charge >= 0.3 is 0 Å². The smallest absolute Gasteiger partial charge is 0.185 e. The van der Waals surface area contributed by atoms with Crippen molar-refractivity contribution in [2.24, 2.45) is 5.92 Å². The van der Waals surface area contributed by atoms with E-state index in [4.69, 9.17) is 0 Å². The number of rotatable bonds is 3. The van der Waals surface area contributed by atoms with E-state index in [-0.39, 0.29) is 0 Å². The SMILES string of the molecule is CNCc1cnc(N2CCCC(C)C2)s1. The number of anilines is 1. The quantitative estimate of drug-likeness (QED) is 0.854. The van der Waals surface area contributed by atoms with Gasteiger partial charge in [0, 0.05) is 30.7 Å². The van der Waals surface area contributed by atoms with Gasteiger partial charge in [0.15, 0.2) is 5.13 Å². The number of nitrogens with zero attached hydrogens (tertiary/aromatic N) is 2. The maximum absolute atomic E-state index is 4.50. The number of hydrogen-bond donors (Lipinski definition) is 1. The number of piperidine rings is 1. The summed E-state index contributed by atoms with van der Waals surface area (Å²) in [4.78, 5) is 8.25. The first-order valence-electron chi connectivity index (χ1n) is 5.64. The van der Waals surface area contributed by atoms with Crippen LogP contribution in [0.15, 0.2) is 6.20 Å². The molecule has 0 aromatic carbocycles. The van der Waals surface area contributed by atoms with Crippen molar-refractivity contribution >= 4 is 16.5 Å². The molecule has 0 amide bonds. The molecule has 1 saturated heterocycles. The van der Waals surface area contributed by atoms with Crippen LogP contribution < -0.4 is 10.2 Å². The second-order valence-electron chi connectivity index (χ2n) is 4.33. The van der Waals surface area contributed by atoms with Gasteiger partial charge in [0.1, 0.15) is 0 Å². The van der Waals surface area contributed by atoms with Crippen LogP contribution in [0.4, 0.5) is 5.13 Å². The Morgan fingerprint density at radius 1 is 1.67 bits per heavy atom. The van der Waals surface area contributed by atoms with Gasteiger partial charge in [-0.05, 0) is 25.8 Å². The Hall–Kier alpha value is -0.610. The van der Waals surface area contributed by atoms with Crippen LogP contribution in [-0.2, 0) is 6.54 Å². The van der Waals surface area contributed by atoms with Crippen molar-refractivity contribution in [3.63, 3.8) is 0 Å². The molecule has 1 aliphatic heterocycles. The summed E-state index contributed by atoms with van der Waals surface area (Å²) < 4.78 is 0. The lowest BCUT2D eigenvalue weighted by molar-refractivity contribution is 0.446. The molecule has 15 heavy (non-hydrogen) atoms. The van der Waals surface area contributed by atoms with E-state index in [1.807, 2.05) is 24.6 Å². The molecule has 2 heterocycles. The zero-order valence-corrected chi connectivity index (χ0v) is 10.3. The highest BCUT2D eigenvalue weighted by Gasteiger charge is 2.18. The van der Waals surface area contributed by atoms with Gasteiger partial charge in [0.25, 0.3) is 0 Å². The summed E-state index contributed by atoms with van der Waals surface area (Å²) in [6.07, 6.45) is 4.67. The van der Waals surface area contributed by atoms with E-state index in [0.29, 0.717) is 0 Å². The van der Waals surface area contributed by atoms with Crippen molar-refractivity contribution in [2.75, 3.05) is 25.0 Å². The van der Waals surface area contributed by atoms with Crippen LogP contribution in [0.25, 0.3) is 0 Å². The normalized spacial score (nSPS) is 22.0. The molecule has 2 rings (SSSR count). The highest BCUT2D eigenvalue weighted by molar-refractivity contribution is 7.15. The molecule has 1 aromatic heterocycles. The monoisotopic (exact) mass is 225 g/mol. The second-order valence-corrected chi connectivity index (χ2v) is 5.43. The van der Waals surface area contributed by atoms with Crippen molar-refractivity contribution in [3.05, 3.63) is 11.1 Å². The van der Waals surface area contributed by atoms with E-state index < -0.39 is 0 Å². The maximum Gasteiger partial charge on any atom is 0.185 e. The second kappa shape index (κ2) is 4.94. The molecule has 3 nitrogen and oxygen atoms in total. The van der Waals surface area contributed by atoms with Crippen LogP contribution in [0, 0.1) is 5.92 Å². The minimum atomic E-state index is 0.815. The first kappa shape index (κ1) is 10.9. The fourth-order valence-corrected chi connectivity index (χ4v) is 3.02. The van der Waals surface area contributed by atoms with Gasteiger partial charge in [-0.3, -0.25) is 0 Å². The Kier molecular flexibility index (Phi) is 3.59. The fourth-order valence-electron chi connectivity index (χ4n) is 2.06. The van der Waals surface area contributed by atoms with Crippen LogP contribution in [-0.4, -0.2) is 25.1 Å². The first-order chi connectivity index (χ1) is 7.29. The van der Waals surface area contributed by atoms with Gasteiger partial charge in [0.05, 0.1) is 0 Å². The van der Waals surface area contributed by atoms with Crippen LogP contribution in [0.5, 0.6) is 0 Å². The van der Waals surface area contributed by atoms with Crippen LogP contribution in [0.3, 0.4) is 0 Å². The molecule has 0 spiro atoms. The molecule has 0 saturated carbocycles. The number of aromatic nitrogens is 1. The largest absolute Gasteiger partial charge is 0.348 e. The lowest BCUT2D eigenvalue weighted by Gasteiger charge is -2.30.